The molecule has 0 aliphatic carbocycles. The van der Waals surface area contributed by atoms with Crippen molar-refractivity contribution in [3.63, 3.8) is 0 Å². The van der Waals surface area contributed by atoms with Crippen molar-refractivity contribution in [2.45, 2.75) is 38.8 Å². The molecule has 3 rings (SSSR count). The van der Waals surface area contributed by atoms with E-state index < -0.39 is 6.10 Å². The number of aromatic nitrogens is 2. The summed E-state index contributed by atoms with van der Waals surface area (Å²) in [6, 6.07) is 6.22. The zero-order chi connectivity index (χ0) is 17.1. The third-order valence-corrected chi connectivity index (χ3v) is 5.01. The molecule has 1 atom stereocenters. The van der Waals surface area contributed by atoms with Gasteiger partial charge in [-0.05, 0) is 56.0 Å². The number of aryl methyl sites for hydroxylation is 2. The first-order valence-corrected chi connectivity index (χ1v) is 8.74. The number of likely N-dealkylation sites (tertiary alicyclic amines) is 1. The van der Waals surface area contributed by atoms with Gasteiger partial charge in [0.05, 0.1) is 11.8 Å². The first-order chi connectivity index (χ1) is 11.6. The topological polar surface area (TPSA) is 41.3 Å². The molecule has 1 fully saturated rings. The van der Waals surface area contributed by atoms with Gasteiger partial charge in [0, 0.05) is 25.4 Å². The van der Waals surface area contributed by atoms with Gasteiger partial charge in [-0.3, -0.25) is 9.58 Å². The number of piperidine rings is 1. The van der Waals surface area contributed by atoms with E-state index in [2.05, 4.69) is 23.1 Å². The van der Waals surface area contributed by atoms with Gasteiger partial charge < -0.3 is 5.11 Å². The predicted molar refractivity (Wildman–Crippen MR) is 91.9 cm³/mol. The lowest BCUT2D eigenvalue weighted by molar-refractivity contribution is 0.0566. The van der Waals surface area contributed by atoms with Crippen LogP contribution in [0.1, 0.15) is 42.7 Å². The zero-order valence-electron chi connectivity index (χ0n) is 14.5. The van der Waals surface area contributed by atoms with Crippen LogP contribution in [0.2, 0.25) is 0 Å². The van der Waals surface area contributed by atoms with Crippen molar-refractivity contribution in [1.82, 2.24) is 14.7 Å². The smallest absolute Gasteiger partial charge is 0.123 e. The van der Waals surface area contributed by atoms with Crippen molar-refractivity contribution < 1.29 is 9.50 Å². The minimum atomic E-state index is -0.502. The minimum absolute atomic E-state index is 0.242. The molecule has 0 bridgehead atoms. The second-order valence-corrected chi connectivity index (χ2v) is 6.74. The fraction of sp³-hybridized carbons (Fsp3) is 0.526. The molecule has 4 nitrogen and oxygen atoms in total. The van der Waals surface area contributed by atoms with E-state index in [1.54, 1.807) is 12.1 Å². The summed E-state index contributed by atoms with van der Waals surface area (Å²) in [6.07, 6.45) is 4.48. The van der Waals surface area contributed by atoms with E-state index in [1.165, 1.54) is 23.4 Å². The van der Waals surface area contributed by atoms with E-state index in [0.717, 1.165) is 44.5 Å². The van der Waals surface area contributed by atoms with Gasteiger partial charge in [-0.1, -0.05) is 19.1 Å². The number of halogens is 1. The number of hydrogen-bond donors (Lipinski definition) is 1. The standard InChI is InChI=1S/C19H26FN3O/c1-3-18-16(12-22(2)21-18)13-23-10-8-15(9-11-23)19(24)14-4-6-17(20)7-5-14/h4-7,12,15,19,24H,3,8-11,13H2,1-2H3. The van der Waals surface area contributed by atoms with E-state index >= 15 is 0 Å². The van der Waals surface area contributed by atoms with E-state index in [1.807, 2.05) is 11.7 Å². The highest BCUT2D eigenvalue weighted by atomic mass is 19.1. The molecule has 0 amide bonds. The van der Waals surface area contributed by atoms with Crippen LogP contribution in [-0.2, 0) is 20.0 Å². The van der Waals surface area contributed by atoms with Crippen LogP contribution in [0.5, 0.6) is 0 Å². The summed E-state index contributed by atoms with van der Waals surface area (Å²) in [7, 11) is 1.97. The molecule has 1 aliphatic heterocycles. The van der Waals surface area contributed by atoms with Crippen molar-refractivity contribution in [2.24, 2.45) is 13.0 Å². The maximum Gasteiger partial charge on any atom is 0.123 e. The van der Waals surface area contributed by atoms with Gasteiger partial charge in [0.25, 0.3) is 0 Å². The molecule has 1 aromatic heterocycles. The number of aliphatic hydroxyl groups excluding tert-OH is 1. The lowest BCUT2D eigenvalue weighted by atomic mass is 9.87. The molecule has 2 heterocycles. The lowest BCUT2D eigenvalue weighted by Crippen LogP contribution is -2.35. The van der Waals surface area contributed by atoms with Crippen molar-refractivity contribution >= 4 is 0 Å². The summed E-state index contributed by atoms with van der Waals surface area (Å²) < 4.78 is 14.9. The van der Waals surface area contributed by atoms with Gasteiger partial charge in [-0.2, -0.15) is 5.10 Å². The summed E-state index contributed by atoms with van der Waals surface area (Å²) in [6.45, 7) is 5.01. The van der Waals surface area contributed by atoms with Gasteiger partial charge >= 0.3 is 0 Å². The normalized spacial score (nSPS) is 18.0. The molecule has 0 radical (unpaired) electrons. The first kappa shape index (κ1) is 17.1. The van der Waals surface area contributed by atoms with Crippen molar-refractivity contribution in [2.75, 3.05) is 13.1 Å². The van der Waals surface area contributed by atoms with Crippen LogP contribution in [0.4, 0.5) is 4.39 Å². The fourth-order valence-corrected chi connectivity index (χ4v) is 3.61. The Morgan fingerprint density at radius 2 is 1.92 bits per heavy atom. The van der Waals surface area contributed by atoms with Crippen LogP contribution in [0.15, 0.2) is 30.5 Å². The Balaban J connectivity index is 1.56. The largest absolute Gasteiger partial charge is 0.388 e. The zero-order valence-corrected chi connectivity index (χ0v) is 14.5. The average molecular weight is 331 g/mol. The molecule has 1 N–H and O–H groups in total. The van der Waals surface area contributed by atoms with Crippen molar-refractivity contribution in [3.8, 4) is 0 Å². The Hall–Kier alpha value is -1.72. The van der Waals surface area contributed by atoms with Crippen LogP contribution in [0.3, 0.4) is 0 Å². The van der Waals surface area contributed by atoms with Crippen LogP contribution >= 0.6 is 0 Å². The summed E-state index contributed by atoms with van der Waals surface area (Å²) >= 11 is 0. The van der Waals surface area contributed by atoms with E-state index in [4.69, 9.17) is 0 Å². The van der Waals surface area contributed by atoms with Crippen LogP contribution < -0.4 is 0 Å². The van der Waals surface area contributed by atoms with Crippen molar-refractivity contribution in [3.05, 3.63) is 53.1 Å². The van der Waals surface area contributed by atoms with Gasteiger partial charge in [0.2, 0.25) is 0 Å². The highest BCUT2D eigenvalue weighted by Crippen LogP contribution is 2.31. The maximum atomic E-state index is 13.0. The average Bonchev–Trinajstić information content (AvgIpc) is 2.95. The third-order valence-electron chi connectivity index (χ3n) is 5.01. The molecule has 1 unspecified atom stereocenters. The van der Waals surface area contributed by atoms with Crippen LogP contribution in [0, 0.1) is 11.7 Å². The Bertz CT molecular complexity index is 660. The molecule has 0 spiro atoms. The molecule has 1 aromatic carbocycles. The molecule has 1 saturated heterocycles. The first-order valence-electron chi connectivity index (χ1n) is 8.74. The van der Waals surface area contributed by atoms with Gasteiger partial charge in [-0.15, -0.1) is 0 Å². The Morgan fingerprint density at radius 1 is 1.25 bits per heavy atom. The lowest BCUT2D eigenvalue weighted by Gasteiger charge is -2.34. The Labute approximate surface area is 142 Å². The monoisotopic (exact) mass is 331 g/mol. The van der Waals surface area contributed by atoms with Crippen LogP contribution in [0.25, 0.3) is 0 Å². The number of nitrogens with zero attached hydrogens (tertiary/aromatic N) is 3. The maximum absolute atomic E-state index is 13.0. The quantitative estimate of drug-likeness (QED) is 0.915. The number of benzene rings is 1. The van der Waals surface area contributed by atoms with Crippen molar-refractivity contribution in [1.29, 1.82) is 0 Å². The van der Waals surface area contributed by atoms with E-state index in [9.17, 15) is 9.50 Å². The second kappa shape index (κ2) is 7.45. The molecular weight excluding hydrogens is 305 g/mol. The molecule has 0 saturated carbocycles. The molecular formula is C19H26FN3O. The highest BCUT2D eigenvalue weighted by molar-refractivity contribution is 5.20. The number of hydrogen-bond acceptors (Lipinski definition) is 3. The van der Waals surface area contributed by atoms with Gasteiger partial charge in [0.15, 0.2) is 0 Å². The summed E-state index contributed by atoms with van der Waals surface area (Å²) in [4.78, 5) is 2.43. The SMILES string of the molecule is CCc1nn(C)cc1CN1CCC(C(O)c2ccc(F)cc2)CC1. The van der Waals surface area contributed by atoms with Gasteiger partial charge in [0.1, 0.15) is 5.82 Å². The fourth-order valence-electron chi connectivity index (χ4n) is 3.61. The Morgan fingerprint density at radius 3 is 2.54 bits per heavy atom. The molecule has 1 aliphatic rings. The summed E-state index contributed by atoms with van der Waals surface area (Å²) in [5.41, 5.74) is 3.29. The molecule has 2 aromatic rings. The van der Waals surface area contributed by atoms with Crippen LogP contribution in [-0.4, -0.2) is 32.9 Å². The molecule has 130 valence electrons. The summed E-state index contributed by atoms with van der Waals surface area (Å²) in [5.74, 6) is -0.0183. The van der Waals surface area contributed by atoms with E-state index in [0.29, 0.717) is 0 Å². The minimum Gasteiger partial charge on any atom is -0.388 e. The summed E-state index contributed by atoms with van der Waals surface area (Å²) in [5, 5.41) is 15.0. The van der Waals surface area contributed by atoms with E-state index in [-0.39, 0.29) is 11.7 Å². The number of aliphatic hydroxyl groups is 1. The molecule has 5 heteroatoms. The highest BCUT2D eigenvalue weighted by Gasteiger charge is 2.26. The predicted octanol–water partition coefficient (Wildman–Crippen LogP) is 3.07. The molecule has 24 heavy (non-hydrogen) atoms. The second-order valence-electron chi connectivity index (χ2n) is 6.74. The Kier molecular flexibility index (Phi) is 5.31. The van der Waals surface area contributed by atoms with Gasteiger partial charge in [-0.25, -0.2) is 4.39 Å². The number of rotatable bonds is 5. The third kappa shape index (κ3) is 3.84.